The minimum Gasteiger partial charge on any atom is -0.384 e. The van der Waals surface area contributed by atoms with Gasteiger partial charge in [-0.2, -0.15) is 0 Å². The number of amides is 1. The van der Waals surface area contributed by atoms with E-state index in [-0.39, 0.29) is 23.5 Å². The number of rotatable bonds is 3. The maximum Gasteiger partial charge on any atom is 0.260 e. The van der Waals surface area contributed by atoms with Gasteiger partial charge in [0.25, 0.3) is 5.91 Å². The summed E-state index contributed by atoms with van der Waals surface area (Å²) in [6.45, 7) is 5.87. The highest BCUT2D eigenvalue weighted by molar-refractivity contribution is 6.30. The first-order chi connectivity index (χ1) is 14.2. The lowest BCUT2D eigenvalue weighted by molar-refractivity contribution is 0.0557. The van der Waals surface area contributed by atoms with Crippen molar-refractivity contribution in [3.05, 3.63) is 80.6 Å². The number of aliphatic hydroxyl groups excluding tert-OH is 1. The van der Waals surface area contributed by atoms with Gasteiger partial charge in [0.1, 0.15) is 12.2 Å². The second kappa shape index (κ2) is 8.74. The average molecular weight is 423 g/mol. The van der Waals surface area contributed by atoms with E-state index in [0.29, 0.717) is 28.0 Å². The standard InChI is InChI=1S/C24H23ClN2O3/c1-24(2,3)27(15-17-6-9-18(25)10-7-17)23(30)20-14-26-21-11-8-16(5-4-12-28)13-19(21)22(20)29/h6-11,13-14,28H,12,15H2,1-3H3,(H,26,29). The summed E-state index contributed by atoms with van der Waals surface area (Å²) in [6, 6.07) is 12.4. The molecular formula is C24H23ClN2O3. The molecule has 5 nitrogen and oxygen atoms in total. The molecule has 0 aliphatic heterocycles. The number of pyridine rings is 1. The van der Waals surface area contributed by atoms with Crippen molar-refractivity contribution in [3.8, 4) is 11.8 Å². The first kappa shape index (κ1) is 21.6. The van der Waals surface area contributed by atoms with Crippen LogP contribution in [0.4, 0.5) is 0 Å². The zero-order chi connectivity index (χ0) is 21.9. The number of hydrogen-bond acceptors (Lipinski definition) is 3. The van der Waals surface area contributed by atoms with Crippen LogP contribution in [0, 0.1) is 11.8 Å². The van der Waals surface area contributed by atoms with E-state index in [4.69, 9.17) is 16.7 Å². The van der Waals surface area contributed by atoms with Gasteiger partial charge in [0, 0.05) is 39.8 Å². The molecule has 0 bridgehead atoms. The van der Waals surface area contributed by atoms with Crippen molar-refractivity contribution in [3.63, 3.8) is 0 Å². The number of carbonyl (C=O) groups is 1. The second-order valence-corrected chi connectivity index (χ2v) is 8.38. The van der Waals surface area contributed by atoms with E-state index in [0.717, 1.165) is 5.56 Å². The van der Waals surface area contributed by atoms with Crippen LogP contribution in [0.5, 0.6) is 0 Å². The molecule has 2 N–H and O–H groups in total. The third-order valence-corrected chi connectivity index (χ3v) is 4.98. The van der Waals surface area contributed by atoms with E-state index in [1.54, 1.807) is 35.2 Å². The summed E-state index contributed by atoms with van der Waals surface area (Å²) in [6.07, 6.45) is 1.46. The van der Waals surface area contributed by atoms with Crippen LogP contribution in [0.15, 0.2) is 53.5 Å². The molecule has 2 aromatic carbocycles. The quantitative estimate of drug-likeness (QED) is 0.627. The summed E-state index contributed by atoms with van der Waals surface area (Å²) in [7, 11) is 0. The molecule has 0 spiro atoms. The molecule has 30 heavy (non-hydrogen) atoms. The molecule has 154 valence electrons. The summed E-state index contributed by atoms with van der Waals surface area (Å²) in [5, 5.41) is 9.89. The highest BCUT2D eigenvalue weighted by atomic mass is 35.5. The highest BCUT2D eigenvalue weighted by Crippen LogP contribution is 2.21. The molecule has 3 rings (SSSR count). The summed E-state index contributed by atoms with van der Waals surface area (Å²) < 4.78 is 0. The number of carbonyl (C=O) groups excluding carboxylic acids is 1. The Balaban J connectivity index is 2.04. The zero-order valence-corrected chi connectivity index (χ0v) is 17.9. The van der Waals surface area contributed by atoms with Crippen LogP contribution in [0.1, 0.15) is 42.3 Å². The average Bonchev–Trinajstić information content (AvgIpc) is 2.71. The molecule has 1 amide bonds. The molecule has 0 aliphatic carbocycles. The molecule has 0 radical (unpaired) electrons. The molecule has 3 aromatic rings. The van der Waals surface area contributed by atoms with Gasteiger partial charge in [-0.1, -0.05) is 35.6 Å². The number of hydrogen-bond donors (Lipinski definition) is 2. The molecule has 1 heterocycles. The van der Waals surface area contributed by atoms with E-state index in [1.807, 2.05) is 32.9 Å². The number of nitrogens with zero attached hydrogens (tertiary/aromatic N) is 1. The SMILES string of the molecule is CC(C)(C)N(Cc1ccc(Cl)cc1)C(=O)c1c[nH]c2ccc(C#CCO)cc2c1=O. The Morgan fingerprint density at radius 1 is 1.17 bits per heavy atom. The van der Waals surface area contributed by atoms with Crippen LogP contribution < -0.4 is 5.43 Å². The summed E-state index contributed by atoms with van der Waals surface area (Å²) in [4.78, 5) is 31.3. The lowest BCUT2D eigenvalue weighted by atomic mass is 10.0. The Kier molecular flexibility index (Phi) is 6.31. The van der Waals surface area contributed by atoms with E-state index >= 15 is 0 Å². The fourth-order valence-electron chi connectivity index (χ4n) is 3.13. The molecule has 0 unspecified atom stereocenters. The Hall–Kier alpha value is -3.07. The van der Waals surface area contributed by atoms with E-state index in [1.165, 1.54) is 6.20 Å². The number of halogens is 1. The topological polar surface area (TPSA) is 73.4 Å². The normalized spacial score (nSPS) is 11.1. The lowest BCUT2D eigenvalue weighted by Crippen LogP contribution is -2.46. The molecule has 1 aromatic heterocycles. The number of nitrogens with one attached hydrogen (secondary N) is 1. The predicted octanol–water partition coefficient (Wildman–Crippen LogP) is 3.97. The number of aromatic amines is 1. The number of aromatic nitrogens is 1. The number of fused-ring (bicyclic) bond motifs is 1. The fourth-order valence-corrected chi connectivity index (χ4v) is 3.25. The predicted molar refractivity (Wildman–Crippen MR) is 120 cm³/mol. The van der Waals surface area contributed by atoms with Crippen molar-refractivity contribution in [1.82, 2.24) is 9.88 Å². The van der Waals surface area contributed by atoms with Gasteiger partial charge in [-0.25, -0.2) is 0 Å². The van der Waals surface area contributed by atoms with Gasteiger partial charge in [-0.05, 0) is 56.7 Å². The first-order valence-electron chi connectivity index (χ1n) is 9.52. The van der Waals surface area contributed by atoms with Gasteiger partial charge in [0.05, 0.1) is 0 Å². The molecule has 0 saturated carbocycles. The molecule has 6 heteroatoms. The van der Waals surface area contributed by atoms with Crippen molar-refractivity contribution < 1.29 is 9.90 Å². The summed E-state index contributed by atoms with van der Waals surface area (Å²) in [5.41, 5.74) is 1.34. The zero-order valence-electron chi connectivity index (χ0n) is 17.1. The number of benzene rings is 2. The summed E-state index contributed by atoms with van der Waals surface area (Å²) in [5.74, 6) is 5.00. The first-order valence-corrected chi connectivity index (χ1v) is 9.90. The lowest BCUT2D eigenvalue weighted by Gasteiger charge is -2.36. The van der Waals surface area contributed by atoms with Crippen molar-refractivity contribution >= 4 is 28.4 Å². The van der Waals surface area contributed by atoms with Gasteiger partial charge in [0.2, 0.25) is 5.43 Å². The third kappa shape index (κ3) is 4.73. The smallest absolute Gasteiger partial charge is 0.260 e. The maximum atomic E-state index is 13.4. The fraction of sp³-hybridized carbons (Fsp3) is 0.250. The number of H-pyrrole nitrogens is 1. The number of aliphatic hydroxyl groups is 1. The van der Waals surface area contributed by atoms with E-state index < -0.39 is 5.54 Å². The van der Waals surface area contributed by atoms with E-state index in [2.05, 4.69) is 16.8 Å². The minimum atomic E-state index is -0.507. The Morgan fingerprint density at radius 3 is 2.50 bits per heavy atom. The van der Waals surface area contributed by atoms with Crippen molar-refractivity contribution in [1.29, 1.82) is 0 Å². The van der Waals surface area contributed by atoms with Crippen LogP contribution in [0.25, 0.3) is 10.9 Å². The molecule has 0 saturated heterocycles. The Bertz CT molecular complexity index is 1200. The van der Waals surface area contributed by atoms with Gasteiger partial charge < -0.3 is 15.0 Å². The summed E-state index contributed by atoms with van der Waals surface area (Å²) >= 11 is 5.97. The maximum absolute atomic E-state index is 13.4. The molecular weight excluding hydrogens is 400 g/mol. The van der Waals surface area contributed by atoms with Crippen LogP contribution in [-0.4, -0.2) is 33.0 Å². The Morgan fingerprint density at radius 2 is 1.87 bits per heavy atom. The van der Waals surface area contributed by atoms with Crippen LogP contribution in [-0.2, 0) is 6.54 Å². The van der Waals surface area contributed by atoms with E-state index in [9.17, 15) is 9.59 Å². The minimum absolute atomic E-state index is 0.0682. The second-order valence-electron chi connectivity index (χ2n) is 7.94. The third-order valence-electron chi connectivity index (χ3n) is 4.73. The van der Waals surface area contributed by atoms with Crippen LogP contribution in [0.3, 0.4) is 0 Å². The van der Waals surface area contributed by atoms with Gasteiger partial charge >= 0.3 is 0 Å². The Labute approximate surface area is 180 Å². The highest BCUT2D eigenvalue weighted by Gasteiger charge is 2.29. The molecule has 0 fully saturated rings. The van der Waals surface area contributed by atoms with Crippen molar-refractivity contribution in [2.45, 2.75) is 32.9 Å². The van der Waals surface area contributed by atoms with Crippen molar-refractivity contribution in [2.75, 3.05) is 6.61 Å². The van der Waals surface area contributed by atoms with Crippen LogP contribution in [0.2, 0.25) is 5.02 Å². The largest absolute Gasteiger partial charge is 0.384 e. The molecule has 0 atom stereocenters. The molecule has 0 aliphatic rings. The van der Waals surface area contributed by atoms with Gasteiger partial charge in [-0.15, -0.1) is 0 Å². The van der Waals surface area contributed by atoms with Gasteiger partial charge in [0.15, 0.2) is 0 Å². The van der Waals surface area contributed by atoms with Crippen LogP contribution >= 0.6 is 11.6 Å². The van der Waals surface area contributed by atoms with Crippen molar-refractivity contribution in [2.24, 2.45) is 0 Å². The van der Waals surface area contributed by atoms with Gasteiger partial charge in [-0.3, -0.25) is 9.59 Å². The monoisotopic (exact) mass is 422 g/mol.